The molecule has 4 heterocycles. The standard InChI is InChI=1S/C18H18N4O/c1-11-8-20-22-7-6-14(18(23)16(11)22)17-13-5-3-2-4-12(13)15-9-19-10-21(15)17/h2-5,8-10,14,17-18,23H,6-7H2,1H3/t14-,17+,18-/m1/s1. The maximum atomic E-state index is 11.0. The highest BCUT2D eigenvalue weighted by atomic mass is 16.3. The summed E-state index contributed by atoms with van der Waals surface area (Å²) in [6.07, 6.45) is 6.07. The van der Waals surface area contributed by atoms with Crippen LogP contribution in [-0.4, -0.2) is 24.4 Å². The average Bonchev–Trinajstić information content (AvgIpc) is 3.23. The number of aromatic nitrogens is 4. The summed E-state index contributed by atoms with van der Waals surface area (Å²) in [6, 6.07) is 8.61. The van der Waals surface area contributed by atoms with E-state index in [2.05, 4.69) is 38.9 Å². The van der Waals surface area contributed by atoms with Crippen molar-refractivity contribution in [3.05, 3.63) is 59.8 Å². The predicted molar refractivity (Wildman–Crippen MR) is 85.8 cm³/mol. The van der Waals surface area contributed by atoms with E-state index in [1.807, 2.05) is 30.3 Å². The normalized spacial score (nSPS) is 25.0. The van der Waals surface area contributed by atoms with Crippen LogP contribution < -0.4 is 0 Å². The highest BCUT2D eigenvalue weighted by Crippen LogP contribution is 2.48. The van der Waals surface area contributed by atoms with Crippen molar-refractivity contribution in [3.8, 4) is 11.3 Å². The molecule has 0 fully saturated rings. The second kappa shape index (κ2) is 4.55. The smallest absolute Gasteiger partial charge is 0.101 e. The molecule has 5 heteroatoms. The molecule has 0 aliphatic carbocycles. The van der Waals surface area contributed by atoms with Crippen molar-refractivity contribution in [1.29, 1.82) is 0 Å². The van der Waals surface area contributed by atoms with Crippen molar-refractivity contribution in [1.82, 2.24) is 19.3 Å². The van der Waals surface area contributed by atoms with E-state index in [9.17, 15) is 5.11 Å². The molecule has 0 unspecified atom stereocenters. The predicted octanol–water partition coefficient (Wildman–Crippen LogP) is 2.71. The van der Waals surface area contributed by atoms with E-state index in [4.69, 9.17) is 0 Å². The van der Waals surface area contributed by atoms with Crippen LogP contribution in [0.2, 0.25) is 0 Å². The Morgan fingerprint density at radius 1 is 1.22 bits per heavy atom. The number of hydrogen-bond donors (Lipinski definition) is 1. The summed E-state index contributed by atoms with van der Waals surface area (Å²) in [5, 5.41) is 15.4. The molecule has 23 heavy (non-hydrogen) atoms. The van der Waals surface area contributed by atoms with Gasteiger partial charge in [0.25, 0.3) is 0 Å². The van der Waals surface area contributed by atoms with Crippen molar-refractivity contribution in [2.45, 2.75) is 32.0 Å². The highest BCUT2D eigenvalue weighted by molar-refractivity contribution is 5.69. The molecule has 0 radical (unpaired) electrons. The summed E-state index contributed by atoms with van der Waals surface area (Å²) < 4.78 is 4.17. The third kappa shape index (κ3) is 1.65. The van der Waals surface area contributed by atoms with Gasteiger partial charge in [0.2, 0.25) is 0 Å². The zero-order valence-electron chi connectivity index (χ0n) is 12.9. The quantitative estimate of drug-likeness (QED) is 0.752. The van der Waals surface area contributed by atoms with Crippen LogP contribution in [0.25, 0.3) is 11.3 Å². The molecule has 1 N–H and O–H groups in total. The molecular weight excluding hydrogens is 288 g/mol. The lowest BCUT2D eigenvalue weighted by molar-refractivity contribution is 0.0520. The fraction of sp³-hybridized carbons (Fsp3) is 0.333. The van der Waals surface area contributed by atoms with Gasteiger partial charge in [0, 0.05) is 18.0 Å². The fourth-order valence-electron chi connectivity index (χ4n) is 4.32. The van der Waals surface area contributed by atoms with Gasteiger partial charge in [-0.05, 0) is 24.5 Å². The summed E-state index contributed by atoms with van der Waals surface area (Å²) in [7, 11) is 0. The number of hydrogen-bond acceptors (Lipinski definition) is 3. The van der Waals surface area contributed by atoms with E-state index in [1.165, 1.54) is 11.1 Å². The van der Waals surface area contributed by atoms with E-state index in [1.54, 1.807) is 0 Å². The number of imidazole rings is 1. The Bertz CT molecular complexity index is 894. The van der Waals surface area contributed by atoms with Gasteiger partial charge < -0.3 is 9.67 Å². The van der Waals surface area contributed by atoms with Crippen LogP contribution >= 0.6 is 0 Å². The fourth-order valence-corrected chi connectivity index (χ4v) is 4.32. The maximum Gasteiger partial charge on any atom is 0.101 e. The van der Waals surface area contributed by atoms with Gasteiger partial charge in [0.15, 0.2) is 0 Å². The first-order valence-corrected chi connectivity index (χ1v) is 8.07. The Balaban J connectivity index is 1.65. The molecule has 2 aromatic heterocycles. The van der Waals surface area contributed by atoms with Crippen LogP contribution in [-0.2, 0) is 6.54 Å². The second-order valence-corrected chi connectivity index (χ2v) is 6.55. The van der Waals surface area contributed by atoms with Gasteiger partial charge in [-0.25, -0.2) is 4.98 Å². The van der Waals surface area contributed by atoms with E-state index in [0.717, 1.165) is 29.9 Å². The van der Waals surface area contributed by atoms with E-state index in [-0.39, 0.29) is 12.0 Å². The first-order valence-electron chi connectivity index (χ1n) is 8.07. The van der Waals surface area contributed by atoms with Crippen molar-refractivity contribution < 1.29 is 5.11 Å². The Morgan fingerprint density at radius 2 is 2.09 bits per heavy atom. The van der Waals surface area contributed by atoms with Crippen LogP contribution in [0.3, 0.4) is 0 Å². The summed E-state index contributed by atoms with van der Waals surface area (Å²) >= 11 is 0. The first kappa shape index (κ1) is 13.1. The average molecular weight is 306 g/mol. The third-order valence-corrected chi connectivity index (χ3v) is 5.36. The number of aliphatic hydroxyl groups is 1. The number of rotatable bonds is 1. The lowest BCUT2D eigenvalue weighted by Gasteiger charge is -2.34. The van der Waals surface area contributed by atoms with Gasteiger partial charge in [-0.1, -0.05) is 24.3 Å². The van der Waals surface area contributed by atoms with Crippen molar-refractivity contribution in [2.75, 3.05) is 0 Å². The molecule has 5 rings (SSSR count). The Morgan fingerprint density at radius 3 is 3.00 bits per heavy atom. The largest absolute Gasteiger partial charge is 0.386 e. The molecule has 0 bridgehead atoms. The van der Waals surface area contributed by atoms with Crippen molar-refractivity contribution in [2.24, 2.45) is 5.92 Å². The molecule has 0 amide bonds. The van der Waals surface area contributed by atoms with Crippen LogP contribution in [0.4, 0.5) is 0 Å². The molecule has 2 aliphatic rings. The van der Waals surface area contributed by atoms with Gasteiger partial charge in [0.1, 0.15) is 6.10 Å². The lowest BCUT2D eigenvalue weighted by atomic mass is 9.82. The molecule has 0 spiro atoms. The minimum Gasteiger partial charge on any atom is -0.386 e. The molecule has 116 valence electrons. The zero-order valence-corrected chi connectivity index (χ0v) is 12.9. The maximum absolute atomic E-state index is 11.0. The molecule has 3 aromatic rings. The van der Waals surface area contributed by atoms with Crippen molar-refractivity contribution in [3.63, 3.8) is 0 Å². The number of nitrogens with zero attached hydrogens (tertiary/aromatic N) is 4. The molecule has 3 atom stereocenters. The first-order chi connectivity index (χ1) is 11.3. The number of benzene rings is 1. The van der Waals surface area contributed by atoms with Crippen molar-refractivity contribution >= 4 is 0 Å². The Hall–Kier alpha value is -2.40. The molecule has 5 nitrogen and oxygen atoms in total. The molecule has 0 saturated heterocycles. The SMILES string of the molecule is Cc1cnn2c1[C@H](O)[C@@H]([C@@H]1c3ccccc3-c3cncn31)CC2. The van der Waals surface area contributed by atoms with E-state index >= 15 is 0 Å². The highest BCUT2D eigenvalue weighted by Gasteiger charge is 2.41. The number of aliphatic hydroxyl groups excluding tert-OH is 1. The monoisotopic (exact) mass is 306 g/mol. The third-order valence-electron chi connectivity index (χ3n) is 5.36. The molecule has 2 aliphatic heterocycles. The Kier molecular flexibility index (Phi) is 2.59. The van der Waals surface area contributed by atoms with E-state index in [0.29, 0.717) is 0 Å². The minimum absolute atomic E-state index is 0.134. The Labute approximate surface area is 134 Å². The zero-order chi connectivity index (χ0) is 15.6. The summed E-state index contributed by atoms with van der Waals surface area (Å²) in [5.74, 6) is 0.134. The molecular formula is C18H18N4O. The number of aryl methyl sites for hydroxylation is 2. The van der Waals surface area contributed by atoms with Gasteiger partial charge in [-0.2, -0.15) is 5.10 Å². The van der Waals surface area contributed by atoms with Crippen LogP contribution in [0.5, 0.6) is 0 Å². The van der Waals surface area contributed by atoms with Gasteiger partial charge in [-0.3, -0.25) is 4.68 Å². The summed E-state index contributed by atoms with van der Waals surface area (Å²) in [6.45, 7) is 2.88. The molecule has 1 aromatic carbocycles. The van der Waals surface area contributed by atoms with Crippen LogP contribution in [0, 0.1) is 12.8 Å². The lowest BCUT2D eigenvalue weighted by Crippen LogP contribution is -2.31. The number of fused-ring (bicyclic) bond motifs is 4. The van der Waals surface area contributed by atoms with Gasteiger partial charge in [-0.15, -0.1) is 0 Å². The summed E-state index contributed by atoms with van der Waals surface area (Å²) in [4.78, 5) is 4.33. The molecule has 0 saturated carbocycles. The van der Waals surface area contributed by atoms with Crippen LogP contribution in [0.15, 0.2) is 43.0 Å². The van der Waals surface area contributed by atoms with Crippen LogP contribution in [0.1, 0.15) is 35.4 Å². The topological polar surface area (TPSA) is 55.9 Å². The van der Waals surface area contributed by atoms with E-state index < -0.39 is 6.10 Å². The summed E-state index contributed by atoms with van der Waals surface area (Å²) in [5.41, 5.74) is 5.71. The minimum atomic E-state index is -0.502. The van der Waals surface area contributed by atoms with Gasteiger partial charge in [0.05, 0.1) is 36.2 Å². The van der Waals surface area contributed by atoms with Gasteiger partial charge >= 0.3 is 0 Å². The second-order valence-electron chi connectivity index (χ2n) is 6.55.